The highest BCUT2D eigenvalue weighted by atomic mass is 32.1. The summed E-state index contributed by atoms with van der Waals surface area (Å²) in [4.78, 5) is 25.9. The van der Waals surface area contributed by atoms with E-state index in [1.807, 2.05) is 36.8 Å². The number of aromatic nitrogens is 3. The van der Waals surface area contributed by atoms with Crippen LogP contribution in [0.15, 0.2) is 17.9 Å². The van der Waals surface area contributed by atoms with Crippen LogP contribution in [0.5, 0.6) is 0 Å². The molecule has 1 amide bonds. The molecule has 2 aliphatic rings. The molecule has 0 aliphatic carbocycles. The quantitative estimate of drug-likeness (QED) is 0.800. The van der Waals surface area contributed by atoms with Crippen molar-refractivity contribution in [2.24, 2.45) is 7.05 Å². The molecule has 0 N–H and O–H groups in total. The highest BCUT2D eigenvalue weighted by Gasteiger charge is 2.40. The van der Waals surface area contributed by atoms with Crippen LogP contribution in [0.2, 0.25) is 0 Å². The van der Waals surface area contributed by atoms with Gasteiger partial charge in [0.1, 0.15) is 0 Å². The van der Waals surface area contributed by atoms with Crippen molar-refractivity contribution in [3.05, 3.63) is 34.3 Å². The zero-order valence-electron chi connectivity index (χ0n) is 16.1. The van der Waals surface area contributed by atoms with Gasteiger partial charge in [-0.3, -0.25) is 9.69 Å². The Morgan fingerprint density at radius 3 is 2.74 bits per heavy atom. The number of ether oxygens (including phenoxy) is 1. The van der Waals surface area contributed by atoms with Gasteiger partial charge < -0.3 is 14.2 Å². The van der Waals surface area contributed by atoms with Crippen molar-refractivity contribution in [3.63, 3.8) is 0 Å². The number of hydrogen-bond acceptors (Lipinski definition) is 6. The maximum atomic E-state index is 12.9. The van der Waals surface area contributed by atoms with Crippen molar-refractivity contribution in [3.8, 4) is 0 Å². The summed E-state index contributed by atoms with van der Waals surface area (Å²) in [5.41, 5.74) is 1.90. The number of piperidine rings is 1. The molecule has 2 aliphatic heterocycles. The molecule has 0 radical (unpaired) electrons. The number of nitrogens with zero attached hydrogens (tertiary/aromatic N) is 5. The van der Waals surface area contributed by atoms with E-state index in [4.69, 9.17) is 4.74 Å². The van der Waals surface area contributed by atoms with Gasteiger partial charge in [-0.15, -0.1) is 11.3 Å². The van der Waals surface area contributed by atoms with Crippen LogP contribution in [-0.2, 0) is 29.7 Å². The molecule has 8 heteroatoms. The summed E-state index contributed by atoms with van der Waals surface area (Å²) in [6, 6.07) is 0. The van der Waals surface area contributed by atoms with Crippen LogP contribution in [0.25, 0.3) is 0 Å². The van der Waals surface area contributed by atoms with Crippen molar-refractivity contribution < 1.29 is 9.53 Å². The number of amides is 1. The smallest absolute Gasteiger partial charge is 0.225 e. The average Bonchev–Trinajstić information content (AvgIpc) is 3.20. The molecule has 2 aromatic rings. The zero-order valence-corrected chi connectivity index (χ0v) is 16.9. The lowest BCUT2D eigenvalue weighted by molar-refractivity contribution is -0.136. The predicted octanol–water partition coefficient (Wildman–Crippen LogP) is 1.97. The summed E-state index contributed by atoms with van der Waals surface area (Å²) in [6.07, 6.45) is 6.05. The molecule has 2 saturated heterocycles. The Hall–Kier alpha value is -1.77. The second-order valence-corrected chi connectivity index (χ2v) is 8.72. The summed E-state index contributed by atoms with van der Waals surface area (Å²) in [5.74, 6) is 0.193. The van der Waals surface area contributed by atoms with E-state index in [-0.39, 0.29) is 11.5 Å². The monoisotopic (exact) mass is 389 g/mol. The summed E-state index contributed by atoms with van der Waals surface area (Å²) in [6.45, 7) is 6.64. The first-order chi connectivity index (χ1) is 13.0. The number of likely N-dealkylation sites (tertiary alicyclic amines) is 1. The molecule has 0 aromatic carbocycles. The minimum absolute atomic E-state index is 0.193. The Kier molecular flexibility index (Phi) is 5.29. The van der Waals surface area contributed by atoms with Crippen LogP contribution in [0.1, 0.15) is 35.7 Å². The first-order valence-corrected chi connectivity index (χ1v) is 10.4. The highest BCUT2D eigenvalue weighted by molar-refractivity contribution is 7.09. The van der Waals surface area contributed by atoms with Crippen LogP contribution in [0, 0.1) is 6.92 Å². The van der Waals surface area contributed by atoms with Gasteiger partial charge in [0.05, 0.1) is 47.9 Å². The third-order valence-corrected chi connectivity index (χ3v) is 6.51. The molecule has 7 nitrogen and oxygen atoms in total. The molecule has 2 fully saturated rings. The van der Waals surface area contributed by atoms with E-state index in [9.17, 15) is 4.79 Å². The molecule has 146 valence electrons. The third kappa shape index (κ3) is 4.23. The molecule has 27 heavy (non-hydrogen) atoms. The topological polar surface area (TPSA) is 63.5 Å². The Morgan fingerprint density at radius 1 is 1.26 bits per heavy atom. The number of carbonyl (C=O) groups excluding carboxylic acids is 1. The van der Waals surface area contributed by atoms with Crippen molar-refractivity contribution in [2.45, 2.75) is 44.9 Å². The number of hydrogen-bond donors (Lipinski definition) is 0. The van der Waals surface area contributed by atoms with Crippen LogP contribution >= 0.6 is 11.3 Å². The van der Waals surface area contributed by atoms with Gasteiger partial charge in [0.15, 0.2) is 0 Å². The van der Waals surface area contributed by atoms with Gasteiger partial charge in [-0.05, 0) is 19.8 Å². The van der Waals surface area contributed by atoms with Gasteiger partial charge in [0.25, 0.3) is 0 Å². The van der Waals surface area contributed by atoms with Crippen LogP contribution < -0.4 is 0 Å². The molecular weight excluding hydrogens is 362 g/mol. The molecular formula is C19H27N5O2S. The molecule has 0 saturated carbocycles. The Morgan fingerprint density at radius 2 is 2.07 bits per heavy atom. The van der Waals surface area contributed by atoms with E-state index in [1.165, 1.54) is 5.69 Å². The van der Waals surface area contributed by atoms with Gasteiger partial charge in [-0.1, -0.05) is 0 Å². The van der Waals surface area contributed by atoms with E-state index in [0.29, 0.717) is 26.1 Å². The summed E-state index contributed by atoms with van der Waals surface area (Å²) in [7, 11) is 2.03. The number of rotatable bonds is 4. The fourth-order valence-corrected chi connectivity index (χ4v) is 4.59. The standard InChI is InChI=1S/C19H27N5O2S/c1-15-21-16(13-27-15)11-24-7-8-26-19(9-18(24)25)3-5-23(6-4-19)12-17-10-20-14-22(17)2/h10,13-14H,3-9,11-12H2,1-2H3. The Bertz CT molecular complexity index is 794. The molecule has 0 bridgehead atoms. The number of imidazole rings is 1. The van der Waals surface area contributed by atoms with Gasteiger partial charge in [0.2, 0.25) is 5.91 Å². The zero-order chi connectivity index (χ0) is 18.9. The van der Waals surface area contributed by atoms with E-state index < -0.39 is 0 Å². The van der Waals surface area contributed by atoms with Gasteiger partial charge in [-0.2, -0.15) is 0 Å². The largest absolute Gasteiger partial charge is 0.373 e. The first kappa shape index (κ1) is 18.6. The van der Waals surface area contributed by atoms with Crippen molar-refractivity contribution in [1.29, 1.82) is 0 Å². The second kappa shape index (κ2) is 7.69. The molecule has 2 aromatic heterocycles. The fourth-order valence-electron chi connectivity index (χ4n) is 3.98. The molecule has 1 spiro atoms. The van der Waals surface area contributed by atoms with Crippen LogP contribution in [0.3, 0.4) is 0 Å². The third-order valence-electron chi connectivity index (χ3n) is 5.68. The lowest BCUT2D eigenvalue weighted by atomic mass is 9.87. The predicted molar refractivity (Wildman–Crippen MR) is 103 cm³/mol. The van der Waals surface area contributed by atoms with E-state index in [1.54, 1.807) is 11.3 Å². The minimum atomic E-state index is -0.299. The highest BCUT2D eigenvalue weighted by Crippen LogP contribution is 2.33. The maximum Gasteiger partial charge on any atom is 0.225 e. The molecule has 0 unspecified atom stereocenters. The normalized spacial score (nSPS) is 21.0. The van der Waals surface area contributed by atoms with Crippen molar-refractivity contribution >= 4 is 17.2 Å². The summed E-state index contributed by atoms with van der Waals surface area (Å²) in [5, 5.41) is 3.09. The van der Waals surface area contributed by atoms with E-state index >= 15 is 0 Å². The molecule has 4 rings (SSSR count). The fraction of sp³-hybridized carbons (Fsp3) is 0.632. The SMILES string of the molecule is Cc1nc(CN2CCOC3(CCN(Cc4cncn4C)CC3)CC2=O)cs1. The number of carbonyl (C=O) groups is 1. The maximum absolute atomic E-state index is 12.9. The Labute approximate surface area is 164 Å². The molecule has 4 heterocycles. The van der Waals surface area contributed by atoms with Crippen molar-refractivity contribution in [1.82, 2.24) is 24.3 Å². The van der Waals surface area contributed by atoms with Gasteiger partial charge >= 0.3 is 0 Å². The summed E-state index contributed by atoms with van der Waals surface area (Å²) < 4.78 is 8.32. The van der Waals surface area contributed by atoms with E-state index in [2.05, 4.69) is 19.4 Å². The Balaban J connectivity index is 1.34. The van der Waals surface area contributed by atoms with Crippen molar-refractivity contribution in [2.75, 3.05) is 26.2 Å². The lowest BCUT2D eigenvalue weighted by Gasteiger charge is -2.40. The second-order valence-electron chi connectivity index (χ2n) is 7.65. The number of thiazole rings is 1. The first-order valence-electron chi connectivity index (χ1n) is 9.53. The molecule has 0 atom stereocenters. The minimum Gasteiger partial charge on any atom is -0.373 e. The lowest BCUT2D eigenvalue weighted by Crippen LogP contribution is -2.47. The van der Waals surface area contributed by atoms with Gasteiger partial charge in [0, 0.05) is 44.8 Å². The van der Waals surface area contributed by atoms with Crippen LogP contribution in [0.4, 0.5) is 0 Å². The van der Waals surface area contributed by atoms with Gasteiger partial charge in [-0.25, -0.2) is 9.97 Å². The number of aryl methyl sites for hydroxylation is 2. The van der Waals surface area contributed by atoms with E-state index in [0.717, 1.165) is 43.2 Å². The average molecular weight is 390 g/mol. The van der Waals surface area contributed by atoms with Crippen LogP contribution in [-0.4, -0.2) is 62.1 Å². The summed E-state index contributed by atoms with van der Waals surface area (Å²) >= 11 is 1.63.